The Morgan fingerprint density at radius 2 is 1.64 bits per heavy atom. The fourth-order valence-corrected chi connectivity index (χ4v) is 2.88. The monoisotopic (exact) mass is 339 g/mol. The van der Waals surface area contributed by atoms with E-state index in [1.807, 2.05) is 17.0 Å². The quantitative estimate of drug-likeness (QED) is 0.884. The Kier molecular flexibility index (Phi) is 5.25. The number of carbonyl (C=O) groups is 2. The minimum absolute atomic E-state index is 0.00851. The zero-order valence-electron chi connectivity index (χ0n) is 13.9. The van der Waals surface area contributed by atoms with Gasteiger partial charge in [-0.3, -0.25) is 14.7 Å². The summed E-state index contributed by atoms with van der Waals surface area (Å²) < 4.78 is 0. The molecule has 0 aliphatic carbocycles. The smallest absolute Gasteiger partial charge is 0.316 e. The van der Waals surface area contributed by atoms with Crippen LogP contribution < -0.4 is 11.1 Å². The van der Waals surface area contributed by atoms with Crippen LogP contribution in [0.2, 0.25) is 0 Å². The summed E-state index contributed by atoms with van der Waals surface area (Å²) in [6.07, 6.45) is 3.59. The molecular weight excluding hydrogens is 318 g/mol. The molecule has 0 unspecified atom stereocenters. The molecule has 1 aromatic heterocycles. The van der Waals surface area contributed by atoms with Crippen molar-refractivity contribution in [1.82, 2.24) is 14.8 Å². The van der Waals surface area contributed by atoms with Crippen LogP contribution in [-0.2, 0) is 6.54 Å². The number of aromatic nitrogens is 1. The Labute approximate surface area is 146 Å². The van der Waals surface area contributed by atoms with Crippen LogP contribution in [0.5, 0.6) is 0 Å². The van der Waals surface area contributed by atoms with Crippen LogP contribution in [0.3, 0.4) is 0 Å². The summed E-state index contributed by atoms with van der Waals surface area (Å²) in [5.41, 5.74) is 7.49. The summed E-state index contributed by atoms with van der Waals surface area (Å²) in [7, 11) is 0. The predicted molar refractivity (Wildman–Crippen MR) is 95.1 cm³/mol. The SMILES string of the molecule is NC(=O)Nc1ccc(C(=O)N2CCN(Cc3ccncc3)CC2)cc1. The van der Waals surface area contributed by atoms with Crippen LogP contribution in [-0.4, -0.2) is 52.9 Å². The van der Waals surface area contributed by atoms with Crippen molar-refractivity contribution in [2.75, 3.05) is 31.5 Å². The summed E-state index contributed by atoms with van der Waals surface area (Å²) in [5.74, 6) is 0.00851. The molecule has 1 aliphatic rings. The number of piperazine rings is 1. The molecule has 0 bridgehead atoms. The van der Waals surface area contributed by atoms with Crippen LogP contribution in [0, 0.1) is 0 Å². The molecule has 1 fully saturated rings. The van der Waals surface area contributed by atoms with Gasteiger partial charge in [-0.1, -0.05) is 0 Å². The van der Waals surface area contributed by atoms with Crippen LogP contribution in [0.4, 0.5) is 10.5 Å². The molecule has 1 saturated heterocycles. The van der Waals surface area contributed by atoms with Crippen molar-refractivity contribution in [3.8, 4) is 0 Å². The highest BCUT2D eigenvalue weighted by molar-refractivity contribution is 5.95. The van der Waals surface area contributed by atoms with Gasteiger partial charge in [0.1, 0.15) is 0 Å². The Morgan fingerprint density at radius 3 is 2.24 bits per heavy atom. The van der Waals surface area contributed by atoms with E-state index in [0.717, 1.165) is 19.6 Å². The van der Waals surface area contributed by atoms with Gasteiger partial charge in [0.05, 0.1) is 0 Å². The molecule has 2 heterocycles. The van der Waals surface area contributed by atoms with E-state index in [4.69, 9.17) is 5.73 Å². The highest BCUT2D eigenvalue weighted by Gasteiger charge is 2.22. The van der Waals surface area contributed by atoms with Gasteiger partial charge in [0, 0.05) is 56.4 Å². The molecule has 1 aromatic carbocycles. The first-order valence-electron chi connectivity index (χ1n) is 8.19. The van der Waals surface area contributed by atoms with Crippen LogP contribution >= 0.6 is 0 Å². The molecule has 0 radical (unpaired) electrons. The van der Waals surface area contributed by atoms with Crippen molar-refractivity contribution in [2.24, 2.45) is 5.73 Å². The Bertz CT molecular complexity index is 725. The third-order valence-corrected chi connectivity index (χ3v) is 4.21. The lowest BCUT2D eigenvalue weighted by atomic mass is 10.1. The molecule has 0 saturated carbocycles. The number of hydrogen-bond acceptors (Lipinski definition) is 4. The van der Waals surface area contributed by atoms with Crippen molar-refractivity contribution in [1.29, 1.82) is 0 Å². The van der Waals surface area contributed by atoms with Crippen molar-refractivity contribution in [3.63, 3.8) is 0 Å². The number of anilines is 1. The molecule has 0 atom stereocenters. The van der Waals surface area contributed by atoms with Gasteiger partial charge in [-0.05, 0) is 42.0 Å². The Balaban J connectivity index is 1.53. The molecule has 3 amide bonds. The maximum atomic E-state index is 12.6. The van der Waals surface area contributed by atoms with Gasteiger partial charge in [0.15, 0.2) is 0 Å². The number of hydrogen-bond donors (Lipinski definition) is 2. The largest absolute Gasteiger partial charge is 0.351 e. The second-order valence-electron chi connectivity index (χ2n) is 5.99. The number of rotatable bonds is 4. The lowest BCUT2D eigenvalue weighted by Crippen LogP contribution is -2.48. The molecule has 130 valence electrons. The molecular formula is C18H21N5O2. The molecule has 2 aromatic rings. The number of benzene rings is 1. The van der Waals surface area contributed by atoms with E-state index in [0.29, 0.717) is 24.3 Å². The molecule has 0 spiro atoms. The Morgan fingerprint density at radius 1 is 1.00 bits per heavy atom. The van der Waals surface area contributed by atoms with E-state index in [9.17, 15) is 9.59 Å². The standard InChI is InChI=1S/C18H21N5O2/c19-18(25)21-16-3-1-15(2-4-16)17(24)23-11-9-22(10-12-23)13-14-5-7-20-8-6-14/h1-8H,9-13H2,(H3,19,21,25). The normalized spacial score (nSPS) is 15.0. The number of primary amides is 1. The molecule has 1 aliphatic heterocycles. The van der Waals surface area contributed by atoms with E-state index in [-0.39, 0.29) is 5.91 Å². The van der Waals surface area contributed by atoms with E-state index >= 15 is 0 Å². The van der Waals surface area contributed by atoms with Gasteiger partial charge < -0.3 is 16.0 Å². The van der Waals surface area contributed by atoms with Gasteiger partial charge >= 0.3 is 6.03 Å². The second-order valence-corrected chi connectivity index (χ2v) is 5.99. The summed E-state index contributed by atoms with van der Waals surface area (Å²) in [4.78, 5) is 31.6. The minimum atomic E-state index is -0.621. The number of urea groups is 1. The third kappa shape index (κ3) is 4.54. The molecule has 7 heteroatoms. The van der Waals surface area contributed by atoms with E-state index in [2.05, 4.69) is 15.2 Å². The first kappa shape index (κ1) is 16.9. The van der Waals surface area contributed by atoms with Gasteiger partial charge in [0.25, 0.3) is 5.91 Å². The van der Waals surface area contributed by atoms with Gasteiger partial charge in [0.2, 0.25) is 0 Å². The van der Waals surface area contributed by atoms with Crippen molar-refractivity contribution >= 4 is 17.6 Å². The summed E-state index contributed by atoms with van der Waals surface area (Å²) in [6.45, 7) is 3.96. The average molecular weight is 339 g/mol. The van der Waals surface area contributed by atoms with E-state index < -0.39 is 6.03 Å². The zero-order chi connectivity index (χ0) is 17.6. The van der Waals surface area contributed by atoms with Crippen LogP contribution in [0.15, 0.2) is 48.8 Å². The molecule has 3 N–H and O–H groups in total. The number of carbonyl (C=O) groups excluding carboxylic acids is 2. The number of nitrogens with two attached hydrogens (primary N) is 1. The third-order valence-electron chi connectivity index (χ3n) is 4.21. The maximum absolute atomic E-state index is 12.6. The lowest BCUT2D eigenvalue weighted by Gasteiger charge is -2.34. The molecule has 7 nitrogen and oxygen atoms in total. The summed E-state index contributed by atoms with van der Waals surface area (Å²) in [6, 6.07) is 10.2. The average Bonchev–Trinajstić information content (AvgIpc) is 2.63. The van der Waals surface area contributed by atoms with Gasteiger partial charge in [-0.25, -0.2) is 4.79 Å². The fraction of sp³-hybridized carbons (Fsp3) is 0.278. The summed E-state index contributed by atoms with van der Waals surface area (Å²) >= 11 is 0. The number of amides is 3. The first-order valence-corrected chi connectivity index (χ1v) is 8.19. The fourth-order valence-electron chi connectivity index (χ4n) is 2.88. The summed E-state index contributed by atoms with van der Waals surface area (Å²) in [5, 5.41) is 2.48. The Hall–Kier alpha value is -2.93. The highest BCUT2D eigenvalue weighted by Crippen LogP contribution is 2.14. The number of nitrogens with one attached hydrogen (secondary N) is 1. The predicted octanol–water partition coefficient (Wildman–Crippen LogP) is 1.53. The van der Waals surface area contributed by atoms with Crippen molar-refractivity contribution < 1.29 is 9.59 Å². The van der Waals surface area contributed by atoms with E-state index in [1.54, 1.807) is 36.7 Å². The van der Waals surface area contributed by atoms with Gasteiger partial charge in [-0.15, -0.1) is 0 Å². The zero-order valence-corrected chi connectivity index (χ0v) is 13.9. The second kappa shape index (κ2) is 7.76. The van der Waals surface area contributed by atoms with Crippen molar-refractivity contribution in [3.05, 3.63) is 59.9 Å². The van der Waals surface area contributed by atoms with Crippen LogP contribution in [0.1, 0.15) is 15.9 Å². The number of nitrogens with zero attached hydrogens (tertiary/aromatic N) is 3. The number of pyridine rings is 1. The first-order chi connectivity index (χ1) is 12.1. The van der Waals surface area contributed by atoms with Crippen LogP contribution in [0.25, 0.3) is 0 Å². The molecule has 3 rings (SSSR count). The lowest BCUT2D eigenvalue weighted by molar-refractivity contribution is 0.0628. The minimum Gasteiger partial charge on any atom is -0.351 e. The maximum Gasteiger partial charge on any atom is 0.316 e. The molecule has 25 heavy (non-hydrogen) atoms. The van der Waals surface area contributed by atoms with Gasteiger partial charge in [-0.2, -0.15) is 0 Å². The van der Waals surface area contributed by atoms with Crippen molar-refractivity contribution in [2.45, 2.75) is 6.54 Å². The van der Waals surface area contributed by atoms with E-state index in [1.165, 1.54) is 5.56 Å². The highest BCUT2D eigenvalue weighted by atomic mass is 16.2. The topological polar surface area (TPSA) is 91.6 Å².